The van der Waals surface area contributed by atoms with E-state index in [1.807, 2.05) is 13.0 Å². The van der Waals surface area contributed by atoms with Crippen molar-refractivity contribution < 1.29 is 4.74 Å². The van der Waals surface area contributed by atoms with Gasteiger partial charge in [-0.15, -0.1) is 0 Å². The maximum Gasteiger partial charge on any atom is 0.125 e. The summed E-state index contributed by atoms with van der Waals surface area (Å²) in [6.45, 7) is 2.59. The molecule has 0 saturated heterocycles. The molecule has 0 aromatic carbocycles. The van der Waals surface area contributed by atoms with E-state index in [4.69, 9.17) is 10.5 Å². The molecule has 2 heterocycles. The Morgan fingerprint density at radius 3 is 3.07 bits per heavy atom. The minimum atomic E-state index is -0.154. The molecule has 2 N–H and O–H groups in total. The zero-order valence-corrected chi connectivity index (χ0v) is 8.10. The first kappa shape index (κ1) is 9.15. The van der Waals surface area contributed by atoms with Crippen molar-refractivity contribution >= 4 is 0 Å². The van der Waals surface area contributed by atoms with Crippen LogP contribution in [0.25, 0.3) is 0 Å². The highest BCUT2D eigenvalue weighted by atomic mass is 16.5. The van der Waals surface area contributed by atoms with E-state index in [0.717, 1.165) is 30.1 Å². The van der Waals surface area contributed by atoms with Gasteiger partial charge >= 0.3 is 0 Å². The predicted octanol–water partition coefficient (Wildman–Crippen LogP) is 1.09. The third-order valence-electron chi connectivity index (χ3n) is 2.26. The van der Waals surface area contributed by atoms with E-state index < -0.39 is 0 Å². The Morgan fingerprint density at radius 2 is 2.43 bits per heavy atom. The van der Waals surface area contributed by atoms with E-state index >= 15 is 0 Å². The number of hydrogen-bond acceptors (Lipinski definition) is 4. The molecule has 0 amide bonds. The Kier molecular flexibility index (Phi) is 2.45. The van der Waals surface area contributed by atoms with Crippen molar-refractivity contribution in [2.45, 2.75) is 19.4 Å². The van der Waals surface area contributed by atoms with Gasteiger partial charge in [-0.1, -0.05) is 0 Å². The fourth-order valence-corrected chi connectivity index (χ4v) is 1.47. The molecule has 14 heavy (non-hydrogen) atoms. The van der Waals surface area contributed by atoms with Crippen LogP contribution in [0, 0.1) is 6.92 Å². The minimum Gasteiger partial charge on any atom is -0.501 e. The topological polar surface area (TPSA) is 61.0 Å². The van der Waals surface area contributed by atoms with Gasteiger partial charge in [0.2, 0.25) is 0 Å². The van der Waals surface area contributed by atoms with Gasteiger partial charge in [-0.05, 0) is 18.6 Å². The fraction of sp³-hybridized carbons (Fsp3) is 0.400. The van der Waals surface area contributed by atoms with Gasteiger partial charge in [0.15, 0.2) is 0 Å². The van der Waals surface area contributed by atoms with Gasteiger partial charge in [0, 0.05) is 12.6 Å². The summed E-state index contributed by atoms with van der Waals surface area (Å²) in [4.78, 5) is 8.32. The maximum absolute atomic E-state index is 6.03. The van der Waals surface area contributed by atoms with Crippen LogP contribution in [0.2, 0.25) is 0 Å². The number of aromatic nitrogens is 2. The molecule has 0 aliphatic carbocycles. The average Bonchev–Trinajstić information content (AvgIpc) is 2.69. The van der Waals surface area contributed by atoms with Crippen molar-refractivity contribution in [3.8, 4) is 0 Å². The highest BCUT2D eigenvalue weighted by Crippen LogP contribution is 2.23. The SMILES string of the molecule is Cc1nccc(C(N)C2=COCC2)n1. The molecular weight excluding hydrogens is 178 g/mol. The second kappa shape index (κ2) is 3.75. The van der Waals surface area contributed by atoms with Gasteiger partial charge in [-0.3, -0.25) is 0 Å². The fourth-order valence-electron chi connectivity index (χ4n) is 1.47. The van der Waals surface area contributed by atoms with Gasteiger partial charge in [0.1, 0.15) is 5.82 Å². The Hall–Kier alpha value is -1.42. The van der Waals surface area contributed by atoms with Crippen LogP contribution in [0.3, 0.4) is 0 Å². The van der Waals surface area contributed by atoms with E-state index in [0.29, 0.717) is 0 Å². The second-order valence-electron chi connectivity index (χ2n) is 3.32. The summed E-state index contributed by atoms with van der Waals surface area (Å²) in [7, 11) is 0. The third-order valence-corrected chi connectivity index (χ3v) is 2.26. The molecular formula is C10H13N3O. The lowest BCUT2D eigenvalue weighted by molar-refractivity contribution is 0.281. The summed E-state index contributed by atoms with van der Waals surface area (Å²) in [5.74, 6) is 0.748. The first-order chi connectivity index (χ1) is 6.77. The number of rotatable bonds is 2. The van der Waals surface area contributed by atoms with E-state index in [-0.39, 0.29) is 6.04 Å². The normalized spacial score (nSPS) is 17.4. The Bertz CT molecular complexity index is 362. The van der Waals surface area contributed by atoms with Gasteiger partial charge in [0.25, 0.3) is 0 Å². The van der Waals surface area contributed by atoms with Crippen LogP contribution in [-0.4, -0.2) is 16.6 Å². The monoisotopic (exact) mass is 191 g/mol. The van der Waals surface area contributed by atoms with Crippen molar-refractivity contribution in [1.82, 2.24) is 9.97 Å². The lowest BCUT2D eigenvalue weighted by Gasteiger charge is -2.10. The number of hydrogen-bond donors (Lipinski definition) is 1. The molecule has 4 nitrogen and oxygen atoms in total. The van der Waals surface area contributed by atoms with Crippen molar-refractivity contribution in [1.29, 1.82) is 0 Å². The number of ether oxygens (including phenoxy) is 1. The molecule has 1 unspecified atom stereocenters. The molecule has 4 heteroatoms. The molecule has 1 aliphatic heterocycles. The van der Waals surface area contributed by atoms with E-state index in [1.54, 1.807) is 12.5 Å². The van der Waals surface area contributed by atoms with Crippen LogP contribution in [0.15, 0.2) is 24.1 Å². The lowest BCUT2D eigenvalue weighted by atomic mass is 10.0. The molecule has 1 aromatic rings. The van der Waals surface area contributed by atoms with Crippen LogP contribution in [0.5, 0.6) is 0 Å². The highest BCUT2D eigenvalue weighted by Gasteiger charge is 2.17. The third kappa shape index (κ3) is 1.75. The van der Waals surface area contributed by atoms with Crippen molar-refractivity contribution in [2.75, 3.05) is 6.61 Å². The van der Waals surface area contributed by atoms with Crippen molar-refractivity contribution in [3.63, 3.8) is 0 Å². The van der Waals surface area contributed by atoms with Crippen LogP contribution in [-0.2, 0) is 4.74 Å². The molecule has 1 aromatic heterocycles. The van der Waals surface area contributed by atoms with E-state index in [2.05, 4.69) is 9.97 Å². The van der Waals surface area contributed by atoms with Gasteiger partial charge < -0.3 is 10.5 Å². The molecule has 0 saturated carbocycles. The summed E-state index contributed by atoms with van der Waals surface area (Å²) in [6.07, 6.45) is 4.36. The standard InChI is InChI=1S/C10H13N3O/c1-7-12-4-2-9(13-7)10(11)8-3-5-14-6-8/h2,4,6,10H,3,5,11H2,1H3. The Balaban J connectivity index is 2.22. The van der Waals surface area contributed by atoms with Crippen LogP contribution in [0.1, 0.15) is 24.0 Å². The zero-order valence-electron chi connectivity index (χ0n) is 8.10. The molecule has 0 spiro atoms. The molecule has 2 rings (SSSR count). The number of nitrogens with two attached hydrogens (primary N) is 1. The summed E-state index contributed by atoms with van der Waals surface area (Å²) < 4.78 is 5.14. The second-order valence-corrected chi connectivity index (χ2v) is 3.32. The smallest absolute Gasteiger partial charge is 0.125 e. The van der Waals surface area contributed by atoms with Gasteiger partial charge in [-0.25, -0.2) is 9.97 Å². The number of aryl methyl sites for hydroxylation is 1. The minimum absolute atomic E-state index is 0.154. The molecule has 0 radical (unpaired) electrons. The largest absolute Gasteiger partial charge is 0.501 e. The van der Waals surface area contributed by atoms with Crippen molar-refractivity contribution in [2.24, 2.45) is 5.73 Å². The Morgan fingerprint density at radius 1 is 1.57 bits per heavy atom. The molecule has 0 fully saturated rings. The maximum atomic E-state index is 6.03. The number of nitrogens with zero attached hydrogens (tertiary/aromatic N) is 2. The average molecular weight is 191 g/mol. The summed E-state index contributed by atoms with van der Waals surface area (Å²) in [5, 5.41) is 0. The molecule has 0 bridgehead atoms. The van der Waals surface area contributed by atoms with Crippen LogP contribution in [0.4, 0.5) is 0 Å². The van der Waals surface area contributed by atoms with E-state index in [9.17, 15) is 0 Å². The summed E-state index contributed by atoms with van der Waals surface area (Å²) in [6, 6.07) is 1.69. The Labute approximate surface area is 82.8 Å². The van der Waals surface area contributed by atoms with Crippen LogP contribution < -0.4 is 5.73 Å². The van der Waals surface area contributed by atoms with Gasteiger partial charge in [-0.2, -0.15) is 0 Å². The molecule has 1 aliphatic rings. The van der Waals surface area contributed by atoms with Gasteiger partial charge in [0.05, 0.1) is 24.6 Å². The first-order valence-electron chi connectivity index (χ1n) is 4.63. The lowest BCUT2D eigenvalue weighted by Crippen LogP contribution is -2.14. The quantitative estimate of drug-likeness (QED) is 0.760. The first-order valence-corrected chi connectivity index (χ1v) is 4.63. The highest BCUT2D eigenvalue weighted by molar-refractivity contribution is 5.21. The predicted molar refractivity (Wildman–Crippen MR) is 52.3 cm³/mol. The molecule has 74 valence electrons. The summed E-state index contributed by atoms with van der Waals surface area (Å²) in [5.41, 5.74) is 7.99. The zero-order chi connectivity index (χ0) is 9.97. The van der Waals surface area contributed by atoms with Crippen molar-refractivity contribution in [3.05, 3.63) is 35.6 Å². The van der Waals surface area contributed by atoms with E-state index in [1.165, 1.54) is 0 Å². The summed E-state index contributed by atoms with van der Waals surface area (Å²) >= 11 is 0. The van der Waals surface area contributed by atoms with Crippen LogP contribution >= 0.6 is 0 Å². The molecule has 1 atom stereocenters.